The number of phenolic OH excluding ortho intramolecular Hbond substituents is 2. The number of benzene rings is 1. The van der Waals surface area contributed by atoms with Crippen molar-refractivity contribution in [1.82, 2.24) is 4.72 Å². The Morgan fingerprint density at radius 2 is 1.78 bits per heavy atom. The van der Waals surface area contributed by atoms with Crippen LogP contribution in [0.25, 0.3) is 0 Å². The summed E-state index contributed by atoms with van der Waals surface area (Å²) in [7, 11) is -3.36. The number of phenols is 2. The summed E-state index contributed by atoms with van der Waals surface area (Å²) in [6.45, 7) is 5.15. The van der Waals surface area contributed by atoms with Crippen LogP contribution in [0.15, 0.2) is 18.2 Å². The zero-order valence-corrected chi connectivity index (χ0v) is 14.4. The lowest BCUT2D eigenvalue weighted by Crippen LogP contribution is -2.39. The fraction of sp³-hybridized carbons (Fsp3) is 0.533. The molecule has 4 N–H and O–H groups in total. The number of rotatable bonds is 7. The van der Waals surface area contributed by atoms with Crippen molar-refractivity contribution in [3.8, 4) is 11.5 Å². The molecule has 8 heteroatoms. The smallest absolute Gasteiger partial charge is 0.224 e. The van der Waals surface area contributed by atoms with E-state index in [-0.39, 0.29) is 30.4 Å². The summed E-state index contributed by atoms with van der Waals surface area (Å²) in [5.41, 5.74) is 0.388. The lowest BCUT2D eigenvalue weighted by atomic mass is 10.2. The molecule has 7 nitrogen and oxygen atoms in total. The topological polar surface area (TPSA) is 116 Å². The fourth-order valence-corrected chi connectivity index (χ4v) is 2.50. The average molecular weight is 344 g/mol. The highest BCUT2D eigenvalue weighted by molar-refractivity contribution is 7.90. The Morgan fingerprint density at radius 1 is 1.13 bits per heavy atom. The normalized spacial score (nSPS) is 12.1. The summed E-state index contributed by atoms with van der Waals surface area (Å²) >= 11 is 0. The van der Waals surface area contributed by atoms with E-state index in [2.05, 4.69) is 10.0 Å². The number of sulfonamides is 1. The molecule has 0 atom stereocenters. The van der Waals surface area contributed by atoms with Crippen LogP contribution in [0.2, 0.25) is 0 Å². The van der Waals surface area contributed by atoms with E-state index in [9.17, 15) is 23.4 Å². The van der Waals surface area contributed by atoms with Crippen LogP contribution in [0.5, 0.6) is 11.5 Å². The zero-order chi connectivity index (χ0) is 17.7. The van der Waals surface area contributed by atoms with Crippen molar-refractivity contribution in [3.63, 3.8) is 0 Å². The first-order valence-electron chi connectivity index (χ1n) is 7.34. The number of aromatic hydroxyl groups is 2. The van der Waals surface area contributed by atoms with Gasteiger partial charge in [0, 0.05) is 24.7 Å². The molecule has 0 saturated carbocycles. The monoisotopic (exact) mass is 344 g/mol. The maximum absolute atomic E-state index is 11.8. The molecule has 0 aliphatic carbocycles. The predicted octanol–water partition coefficient (Wildman–Crippen LogP) is 1.92. The minimum absolute atomic E-state index is 0.235. The van der Waals surface area contributed by atoms with Gasteiger partial charge in [0.2, 0.25) is 15.9 Å². The van der Waals surface area contributed by atoms with Gasteiger partial charge in [0.15, 0.2) is 11.5 Å². The second-order valence-corrected chi connectivity index (χ2v) is 8.74. The lowest BCUT2D eigenvalue weighted by Gasteiger charge is -2.19. The number of nitrogens with one attached hydrogen (secondary N) is 2. The number of hydrogen-bond acceptors (Lipinski definition) is 5. The summed E-state index contributed by atoms with van der Waals surface area (Å²) in [4.78, 5) is 11.7. The van der Waals surface area contributed by atoms with Crippen molar-refractivity contribution < 1.29 is 23.4 Å². The number of carbonyl (C=O) groups is 1. The Labute approximate surface area is 136 Å². The molecule has 0 fully saturated rings. The summed E-state index contributed by atoms with van der Waals surface area (Å²) in [5.74, 6) is -0.803. The third-order valence-corrected chi connectivity index (χ3v) is 5.38. The van der Waals surface area contributed by atoms with E-state index in [0.29, 0.717) is 18.5 Å². The minimum atomic E-state index is -3.36. The Hall–Kier alpha value is -1.80. The molecule has 0 radical (unpaired) electrons. The quantitative estimate of drug-likeness (QED) is 0.343. The first-order chi connectivity index (χ1) is 10.5. The fourth-order valence-electron chi connectivity index (χ4n) is 1.66. The summed E-state index contributed by atoms with van der Waals surface area (Å²) in [5, 5.41) is 21.1. The van der Waals surface area contributed by atoms with E-state index in [1.54, 1.807) is 20.8 Å². The van der Waals surface area contributed by atoms with Crippen LogP contribution in [0.4, 0.5) is 5.69 Å². The van der Waals surface area contributed by atoms with E-state index in [0.717, 1.165) is 0 Å². The third kappa shape index (κ3) is 6.07. The SMILES string of the molecule is CC(C)(C)S(=O)(=O)NCCCCC(=O)Nc1ccc(O)c(O)c1. The van der Waals surface area contributed by atoms with Gasteiger partial charge >= 0.3 is 0 Å². The lowest BCUT2D eigenvalue weighted by molar-refractivity contribution is -0.116. The molecule has 0 aliphatic heterocycles. The van der Waals surface area contributed by atoms with Gasteiger partial charge in [-0.1, -0.05) is 0 Å². The zero-order valence-electron chi connectivity index (χ0n) is 13.6. The second kappa shape index (κ2) is 7.65. The molecule has 0 unspecified atom stereocenters. The molecule has 23 heavy (non-hydrogen) atoms. The molecule has 0 heterocycles. The maximum atomic E-state index is 11.8. The highest BCUT2D eigenvalue weighted by Crippen LogP contribution is 2.27. The van der Waals surface area contributed by atoms with Crippen LogP contribution in [-0.4, -0.2) is 35.8 Å². The van der Waals surface area contributed by atoms with Crippen molar-refractivity contribution in [2.24, 2.45) is 0 Å². The summed E-state index contributed by atoms with van der Waals surface area (Å²) in [6, 6.07) is 4.02. The van der Waals surface area contributed by atoms with E-state index in [4.69, 9.17) is 0 Å². The molecule has 0 aliphatic rings. The minimum Gasteiger partial charge on any atom is -0.504 e. The van der Waals surface area contributed by atoms with Crippen molar-refractivity contribution in [1.29, 1.82) is 0 Å². The molecule has 0 saturated heterocycles. The van der Waals surface area contributed by atoms with Crippen LogP contribution >= 0.6 is 0 Å². The molecule has 1 amide bonds. The average Bonchev–Trinajstić information content (AvgIpc) is 2.41. The number of amides is 1. The van der Waals surface area contributed by atoms with E-state index >= 15 is 0 Å². The first kappa shape index (κ1) is 19.2. The van der Waals surface area contributed by atoms with Gasteiger partial charge in [-0.3, -0.25) is 4.79 Å². The van der Waals surface area contributed by atoms with Gasteiger partial charge in [-0.2, -0.15) is 0 Å². The van der Waals surface area contributed by atoms with E-state index in [1.807, 2.05) is 0 Å². The highest BCUT2D eigenvalue weighted by Gasteiger charge is 2.27. The highest BCUT2D eigenvalue weighted by atomic mass is 32.2. The Balaban J connectivity index is 2.31. The van der Waals surface area contributed by atoms with Crippen LogP contribution in [0.3, 0.4) is 0 Å². The Morgan fingerprint density at radius 3 is 2.35 bits per heavy atom. The Kier molecular flexibility index (Phi) is 6.40. The number of anilines is 1. The number of carbonyl (C=O) groups excluding carboxylic acids is 1. The van der Waals surface area contributed by atoms with Gasteiger partial charge in [0.05, 0.1) is 4.75 Å². The van der Waals surface area contributed by atoms with Gasteiger partial charge in [0.1, 0.15) is 0 Å². The molecule has 1 rings (SSSR count). The van der Waals surface area contributed by atoms with Crippen LogP contribution in [-0.2, 0) is 14.8 Å². The molecular formula is C15H24N2O5S. The van der Waals surface area contributed by atoms with Gasteiger partial charge in [0.25, 0.3) is 0 Å². The molecule has 0 aromatic heterocycles. The summed E-state index contributed by atoms with van der Waals surface area (Å²) in [6.07, 6.45) is 1.31. The largest absolute Gasteiger partial charge is 0.504 e. The van der Waals surface area contributed by atoms with Crippen molar-refractivity contribution >= 4 is 21.6 Å². The maximum Gasteiger partial charge on any atom is 0.224 e. The second-order valence-electron chi connectivity index (χ2n) is 6.22. The van der Waals surface area contributed by atoms with Crippen molar-refractivity contribution in [3.05, 3.63) is 18.2 Å². The van der Waals surface area contributed by atoms with Crippen molar-refractivity contribution in [2.75, 3.05) is 11.9 Å². The summed E-state index contributed by atoms with van der Waals surface area (Å²) < 4.78 is 25.3. The predicted molar refractivity (Wildman–Crippen MR) is 88.9 cm³/mol. The molecule has 1 aromatic rings. The van der Waals surface area contributed by atoms with Crippen LogP contribution < -0.4 is 10.0 Å². The van der Waals surface area contributed by atoms with Crippen LogP contribution in [0.1, 0.15) is 40.0 Å². The third-order valence-electron chi connectivity index (χ3n) is 3.19. The van der Waals surface area contributed by atoms with Crippen molar-refractivity contribution in [2.45, 2.75) is 44.8 Å². The van der Waals surface area contributed by atoms with Gasteiger partial charge < -0.3 is 15.5 Å². The standard InChI is InChI=1S/C15H24N2O5S/c1-15(2,3)23(21,22)16-9-5-4-6-14(20)17-11-7-8-12(18)13(19)10-11/h7-8,10,16,18-19H,4-6,9H2,1-3H3,(H,17,20). The molecule has 0 bridgehead atoms. The van der Waals surface area contributed by atoms with Crippen LogP contribution in [0, 0.1) is 0 Å². The number of hydrogen-bond donors (Lipinski definition) is 4. The van der Waals surface area contributed by atoms with Gasteiger partial charge in [-0.25, -0.2) is 13.1 Å². The van der Waals surface area contributed by atoms with E-state index < -0.39 is 14.8 Å². The first-order valence-corrected chi connectivity index (χ1v) is 8.82. The molecule has 1 aromatic carbocycles. The Bertz CT molecular complexity index is 650. The molecular weight excluding hydrogens is 320 g/mol. The van der Waals surface area contributed by atoms with Gasteiger partial charge in [-0.15, -0.1) is 0 Å². The molecule has 0 spiro atoms. The van der Waals surface area contributed by atoms with E-state index in [1.165, 1.54) is 18.2 Å². The van der Waals surface area contributed by atoms with Gasteiger partial charge in [-0.05, 0) is 45.7 Å². The molecule has 130 valence electrons. The number of unbranched alkanes of at least 4 members (excludes halogenated alkanes) is 1.